The fraction of sp³-hybridized carbons (Fsp3) is 0.100. The highest BCUT2D eigenvalue weighted by molar-refractivity contribution is 6.30. The second-order valence-electron chi connectivity index (χ2n) is 9.11. The van der Waals surface area contributed by atoms with E-state index in [1.807, 2.05) is 48.5 Å². The molecule has 11 nitrogen and oxygen atoms in total. The molecule has 0 aliphatic rings. The molecule has 2 amide bonds. The first-order valence-electron chi connectivity index (χ1n) is 12.8. The average Bonchev–Trinajstić information content (AvgIpc) is 3.56. The monoisotopic (exact) mass is 580 g/mol. The van der Waals surface area contributed by atoms with Crippen molar-refractivity contribution in [2.45, 2.75) is 12.5 Å². The number of amides is 2. The van der Waals surface area contributed by atoms with E-state index in [1.165, 1.54) is 24.2 Å². The molecule has 3 aromatic carbocycles. The first kappa shape index (κ1) is 28.1. The Bertz CT molecular complexity index is 1690. The number of tetrazole rings is 1. The Morgan fingerprint density at radius 1 is 1.02 bits per heavy atom. The number of halogens is 1. The number of rotatable bonds is 9. The van der Waals surface area contributed by atoms with Crippen molar-refractivity contribution in [1.29, 1.82) is 0 Å². The lowest BCUT2D eigenvalue weighted by atomic mass is 9.98. The zero-order chi connectivity index (χ0) is 29.3. The quantitative estimate of drug-likeness (QED) is 0.231. The van der Waals surface area contributed by atoms with Gasteiger partial charge in [0.2, 0.25) is 5.91 Å². The van der Waals surface area contributed by atoms with E-state index >= 15 is 0 Å². The van der Waals surface area contributed by atoms with E-state index in [9.17, 15) is 9.59 Å². The molecule has 2 heterocycles. The highest BCUT2D eigenvalue weighted by Gasteiger charge is 2.17. The van der Waals surface area contributed by atoms with Crippen LogP contribution >= 0.6 is 11.6 Å². The van der Waals surface area contributed by atoms with Crippen LogP contribution in [0.4, 0.5) is 10.5 Å². The number of ether oxygens (including phenoxy) is 1. The van der Waals surface area contributed by atoms with Gasteiger partial charge >= 0.3 is 6.09 Å². The van der Waals surface area contributed by atoms with Crippen LogP contribution in [0.1, 0.15) is 22.7 Å². The standard InChI is InChI=1S/C30H25ClN8O3/c1-42-30(41)34-25-11-7-21(8-12-25)27-17-23(18-32-36-27)26(15-20-5-3-2-4-6-20)35-29(40)14-9-22-16-24(31)10-13-28(22)39-19-33-37-38-39/h2-14,16-19,26H,15H2,1H3,(H,34,41)(H,35,40)/b14-9+/t26-/m0/s1. The molecule has 0 aliphatic heterocycles. The minimum absolute atomic E-state index is 0.310. The van der Waals surface area contributed by atoms with Gasteiger partial charge in [0.1, 0.15) is 6.33 Å². The molecular weight excluding hydrogens is 556 g/mol. The third-order valence-electron chi connectivity index (χ3n) is 6.29. The van der Waals surface area contributed by atoms with Crippen LogP contribution in [0.2, 0.25) is 5.02 Å². The smallest absolute Gasteiger partial charge is 0.411 e. The first-order chi connectivity index (χ1) is 20.5. The second kappa shape index (κ2) is 13.3. The average molecular weight is 581 g/mol. The van der Waals surface area contributed by atoms with Crippen LogP contribution in [0, 0.1) is 0 Å². The van der Waals surface area contributed by atoms with Crippen molar-refractivity contribution in [3.05, 3.63) is 119 Å². The molecule has 2 aromatic heterocycles. The molecule has 0 bridgehead atoms. The van der Waals surface area contributed by atoms with E-state index < -0.39 is 12.1 Å². The molecule has 0 spiro atoms. The molecule has 5 aromatic rings. The predicted molar refractivity (Wildman–Crippen MR) is 158 cm³/mol. The van der Waals surface area contributed by atoms with Crippen LogP contribution < -0.4 is 10.6 Å². The van der Waals surface area contributed by atoms with E-state index in [1.54, 1.807) is 42.6 Å². The van der Waals surface area contributed by atoms with Crippen molar-refractivity contribution in [3.63, 3.8) is 0 Å². The summed E-state index contributed by atoms with van der Waals surface area (Å²) in [5, 5.41) is 26.0. The number of nitrogens with one attached hydrogen (secondary N) is 2. The Morgan fingerprint density at radius 3 is 2.57 bits per heavy atom. The van der Waals surface area contributed by atoms with E-state index in [2.05, 4.69) is 41.1 Å². The lowest BCUT2D eigenvalue weighted by Crippen LogP contribution is -2.28. The minimum atomic E-state index is -0.555. The van der Waals surface area contributed by atoms with Gasteiger partial charge in [-0.05, 0) is 70.4 Å². The fourth-order valence-electron chi connectivity index (χ4n) is 4.23. The molecule has 210 valence electrons. The number of methoxy groups -OCH3 is 1. The van der Waals surface area contributed by atoms with Crippen molar-refractivity contribution in [1.82, 2.24) is 35.7 Å². The predicted octanol–water partition coefficient (Wildman–Crippen LogP) is 5.06. The number of hydrogen-bond donors (Lipinski definition) is 2. The van der Waals surface area contributed by atoms with E-state index in [0.717, 1.165) is 16.7 Å². The van der Waals surface area contributed by atoms with E-state index in [0.29, 0.717) is 34.1 Å². The highest BCUT2D eigenvalue weighted by Crippen LogP contribution is 2.25. The van der Waals surface area contributed by atoms with Gasteiger partial charge in [-0.1, -0.05) is 54.1 Å². The topological polar surface area (TPSA) is 137 Å². The summed E-state index contributed by atoms with van der Waals surface area (Å²) in [6.45, 7) is 0. The summed E-state index contributed by atoms with van der Waals surface area (Å²) in [7, 11) is 1.30. The summed E-state index contributed by atoms with van der Waals surface area (Å²) in [5.74, 6) is -0.310. The molecular formula is C30H25ClN8O3. The molecule has 0 saturated carbocycles. The fourth-order valence-corrected chi connectivity index (χ4v) is 4.41. The maximum atomic E-state index is 13.2. The number of aromatic nitrogens is 6. The molecule has 2 N–H and O–H groups in total. The zero-order valence-electron chi connectivity index (χ0n) is 22.4. The van der Waals surface area contributed by atoms with Crippen LogP contribution in [0.15, 0.2) is 97.5 Å². The van der Waals surface area contributed by atoms with Gasteiger partial charge in [0, 0.05) is 27.9 Å². The SMILES string of the molecule is COC(=O)Nc1ccc(-c2cc([C@H](Cc3ccccc3)NC(=O)/C=C/c3cc(Cl)ccc3-n3cnnn3)cnn2)cc1. The minimum Gasteiger partial charge on any atom is -0.453 e. The summed E-state index contributed by atoms with van der Waals surface area (Å²) in [5.41, 5.74) is 5.15. The summed E-state index contributed by atoms with van der Waals surface area (Å²) in [4.78, 5) is 24.7. The lowest BCUT2D eigenvalue weighted by molar-refractivity contribution is -0.117. The summed E-state index contributed by atoms with van der Waals surface area (Å²) >= 11 is 6.22. The van der Waals surface area contributed by atoms with Crippen molar-refractivity contribution in [2.75, 3.05) is 12.4 Å². The second-order valence-corrected chi connectivity index (χ2v) is 9.55. The van der Waals surface area contributed by atoms with Gasteiger partial charge in [-0.25, -0.2) is 4.79 Å². The summed E-state index contributed by atoms with van der Waals surface area (Å²) in [6.07, 6.45) is 6.19. The lowest BCUT2D eigenvalue weighted by Gasteiger charge is -2.19. The van der Waals surface area contributed by atoms with E-state index in [-0.39, 0.29) is 5.91 Å². The van der Waals surface area contributed by atoms with Crippen LogP contribution in [-0.4, -0.2) is 49.5 Å². The van der Waals surface area contributed by atoms with E-state index in [4.69, 9.17) is 11.6 Å². The van der Waals surface area contributed by atoms with Crippen LogP contribution in [0.25, 0.3) is 23.0 Å². The number of anilines is 1. The first-order valence-corrected chi connectivity index (χ1v) is 13.2. The number of hydrogen-bond acceptors (Lipinski definition) is 8. The Morgan fingerprint density at radius 2 is 1.83 bits per heavy atom. The maximum Gasteiger partial charge on any atom is 0.411 e. The van der Waals surface area contributed by atoms with Crippen molar-refractivity contribution in [2.24, 2.45) is 0 Å². The Kier molecular flexibility index (Phi) is 8.90. The van der Waals surface area contributed by atoms with Gasteiger partial charge in [-0.15, -0.1) is 5.10 Å². The molecule has 0 saturated heterocycles. The summed E-state index contributed by atoms with van der Waals surface area (Å²) < 4.78 is 6.13. The van der Waals surface area contributed by atoms with Crippen molar-refractivity contribution >= 4 is 35.4 Å². The molecule has 0 aliphatic carbocycles. The molecule has 12 heteroatoms. The van der Waals surface area contributed by atoms with Gasteiger partial charge in [0.05, 0.1) is 30.7 Å². The van der Waals surface area contributed by atoms with Crippen molar-refractivity contribution < 1.29 is 14.3 Å². The third-order valence-corrected chi connectivity index (χ3v) is 6.52. The van der Waals surface area contributed by atoms with Gasteiger partial charge < -0.3 is 10.1 Å². The normalized spacial score (nSPS) is 11.7. The molecule has 1 atom stereocenters. The summed E-state index contributed by atoms with van der Waals surface area (Å²) in [6, 6.07) is 23.7. The Labute approximate surface area is 246 Å². The number of nitrogens with zero attached hydrogens (tertiary/aromatic N) is 6. The number of carbonyl (C=O) groups is 2. The number of carbonyl (C=O) groups excluding carboxylic acids is 2. The van der Waals surface area contributed by atoms with Crippen molar-refractivity contribution in [3.8, 4) is 16.9 Å². The third kappa shape index (κ3) is 7.20. The van der Waals surface area contributed by atoms with Gasteiger partial charge in [-0.2, -0.15) is 14.9 Å². The maximum absolute atomic E-state index is 13.2. The van der Waals surface area contributed by atoms with Gasteiger partial charge in [0.15, 0.2) is 0 Å². The Balaban J connectivity index is 1.39. The van der Waals surface area contributed by atoms with Crippen LogP contribution in [-0.2, 0) is 16.0 Å². The van der Waals surface area contributed by atoms with Gasteiger partial charge in [-0.3, -0.25) is 10.1 Å². The zero-order valence-corrected chi connectivity index (χ0v) is 23.1. The highest BCUT2D eigenvalue weighted by atomic mass is 35.5. The van der Waals surface area contributed by atoms with Crippen LogP contribution in [0.5, 0.6) is 0 Å². The molecule has 42 heavy (non-hydrogen) atoms. The number of benzene rings is 3. The molecule has 5 rings (SSSR count). The van der Waals surface area contributed by atoms with Gasteiger partial charge in [0.25, 0.3) is 0 Å². The molecule has 0 unspecified atom stereocenters. The Hall–Kier alpha value is -5.42. The largest absolute Gasteiger partial charge is 0.453 e. The van der Waals surface area contributed by atoms with Crippen LogP contribution in [0.3, 0.4) is 0 Å². The molecule has 0 radical (unpaired) electrons. The molecule has 0 fully saturated rings.